The molecule has 0 saturated carbocycles. The van der Waals surface area contributed by atoms with Crippen LogP contribution in [0.15, 0.2) is 11.2 Å². The molecule has 2 rings (SSSR count). The van der Waals surface area contributed by atoms with Crippen LogP contribution in [0.3, 0.4) is 0 Å². The molecule has 5 heteroatoms. The van der Waals surface area contributed by atoms with Crippen LogP contribution in [0.1, 0.15) is 45.4 Å². The van der Waals surface area contributed by atoms with Gasteiger partial charge in [0.05, 0.1) is 12.2 Å². The second kappa shape index (κ2) is 6.20. The summed E-state index contributed by atoms with van der Waals surface area (Å²) in [5.74, 6) is 0. The first kappa shape index (κ1) is 15.4. The standard InChI is InChI=1S/C15H26N4S/c1-6-13-11(10-19(5)18-13)8-16-14-17-9-12(20-14)7-15(2,3)4/h10,12H,6-9H2,1-5H3,(H,16,17). The Balaban J connectivity index is 1.84. The summed E-state index contributed by atoms with van der Waals surface area (Å²) in [6.45, 7) is 10.8. The van der Waals surface area contributed by atoms with E-state index in [2.05, 4.69) is 49.3 Å². The van der Waals surface area contributed by atoms with Crippen LogP contribution in [0.25, 0.3) is 0 Å². The Morgan fingerprint density at radius 1 is 1.45 bits per heavy atom. The third-order valence-corrected chi connectivity index (χ3v) is 4.46. The molecule has 1 unspecified atom stereocenters. The van der Waals surface area contributed by atoms with Gasteiger partial charge < -0.3 is 5.32 Å². The van der Waals surface area contributed by atoms with Crippen LogP contribution in [-0.4, -0.2) is 26.7 Å². The predicted octanol–water partition coefficient (Wildman–Crippen LogP) is 2.98. The fraction of sp³-hybridized carbons (Fsp3) is 0.733. The van der Waals surface area contributed by atoms with E-state index < -0.39 is 0 Å². The Kier molecular flexibility index (Phi) is 4.78. The van der Waals surface area contributed by atoms with Crippen molar-refractivity contribution in [2.24, 2.45) is 17.5 Å². The lowest BCUT2D eigenvalue weighted by molar-refractivity contribution is 0.375. The zero-order valence-corrected chi connectivity index (χ0v) is 14.0. The van der Waals surface area contributed by atoms with Gasteiger partial charge in [-0.3, -0.25) is 9.67 Å². The summed E-state index contributed by atoms with van der Waals surface area (Å²) in [5, 5.41) is 9.64. The van der Waals surface area contributed by atoms with Crippen molar-refractivity contribution in [3.63, 3.8) is 0 Å². The highest BCUT2D eigenvalue weighted by molar-refractivity contribution is 8.14. The van der Waals surface area contributed by atoms with Gasteiger partial charge in [0.2, 0.25) is 0 Å². The van der Waals surface area contributed by atoms with Gasteiger partial charge in [0.25, 0.3) is 0 Å². The van der Waals surface area contributed by atoms with Crippen LogP contribution in [0, 0.1) is 5.41 Å². The first-order valence-electron chi connectivity index (χ1n) is 7.34. The van der Waals surface area contributed by atoms with Gasteiger partial charge in [-0.25, -0.2) is 0 Å². The Labute approximate surface area is 126 Å². The SMILES string of the molecule is CCc1nn(C)cc1CNC1=NCC(CC(C)(C)C)S1. The summed E-state index contributed by atoms with van der Waals surface area (Å²) in [5.41, 5.74) is 2.83. The van der Waals surface area contributed by atoms with Crippen LogP contribution in [-0.2, 0) is 20.0 Å². The van der Waals surface area contributed by atoms with Crippen molar-refractivity contribution in [1.29, 1.82) is 0 Å². The van der Waals surface area contributed by atoms with Gasteiger partial charge >= 0.3 is 0 Å². The maximum atomic E-state index is 4.62. The number of aliphatic imine (C=N–C) groups is 1. The molecule has 1 aliphatic heterocycles. The topological polar surface area (TPSA) is 42.2 Å². The molecule has 0 fully saturated rings. The van der Waals surface area contributed by atoms with Crippen molar-refractivity contribution in [2.45, 2.75) is 52.3 Å². The summed E-state index contributed by atoms with van der Waals surface area (Å²) in [6.07, 6.45) is 4.28. The van der Waals surface area contributed by atoms with Gasteiger partial charge in [0.1, 0.15) is 0 Å². The number of hydrogen-bond donors (Lipinski definition) is 1. The van der Waals surface area contributed by atoms with Crippen LogP contribution in [0.5, 0.6) is 0 Å². The maximum Gasteiger partial charge on any atom is 0.157 e. The van der Waals surface area contributed by atoms with Gasteiger partial charge in [-0.1, -0.05) is 39.5 Å². The molecule has 0 saturated heterocycles. The lowest BCUT2D eigenvalue weighted by Gasteiger charge is -2.21. The molecule has 1 N–H and O–H groups in total. The van der Waals surface area contributed by atoms with E-state index in [4.69, 9.17) is 0 Å². The molecule has 1 aromatic rings. The zero-order valence-electron chi connectivity index (χ0n) is 13.2. The fourth-order valence-electron chi connectivity index (χ4n) is 2.50. The largest absolute Gasteiger partial charge is 0.361 e. The van der Waals surface area contributed by atoms with E-state index in [1.54, 1.807) is 0 Å². The quantitative estimate of drug-likeness (QED) is 0.928. The number of thioether (sulfide) groups is 1. The number of amidine groups is 1. The van der Waals surface area contributed by atoms with E-state index in [0.29, 0.717) is 10.7 Å². The van der Waals surface area contributed by atoms with Crippen molar-refractivity contribution in [2.75, 3.05) is 6.54 Å². The first-order chi connectivity index (χ1) is 9.37. The molecular weight excluding hydrogens is 268 g/mol. The van der Waals surface area contributed by atoms with Crippen LogP contribution in [0.4, 0.5) is 0 Å². The normalized spacial score (nSPS) is 19.2. The van der Waals surface area contributed by atoms with E-state index in [-0.39, 0.29) is 0 Å². The molecule has 112 valence electrons. The summed E-state index contributed by atoms with van der Waals surface area (Å²) < 4.78 is 1.89. The van der Waals surface area contributed by atoms with Crippen molar-refractivity contribution in [3.05, 3.63) is 17.5 Å². The number of aryl methyl sites for hydroxylation is 2. The number of aromatic nitrogens is 2. The van der Waals surface area contributed by atoms with Crippen LogP contribution in [0.2, 0.25) is 0 Å². The minimum atomic E-state index is 0.376. The lowest BCUT2D eigenvalue weighted by atomic mass is 9.90. The first-order valence-corrected chi connectivity index (χ1v) is 8.21. The molecule has 1 atom stereocenters. The minimum absolute atomic E-state index is 0.376. The summed E-state index contributed by atoms with van der Waals surface area (Å²) in [7, 11) is 1.98. The monoisotopic (exact) mass is 294 g/mol. The second-order valence-corrected chi connectivity index (χ2v) is 7.92. The summed E-state index contributed by atoms with van der Waals surface area (Å²) in [6, 6.07) is 0. The average molecular weight is 294 g/mol. The Hall–Kier alpha value is -0.970. The zero-order chi connectivity index (χ0) is 14.8. The molecule has 0 aliphatic carbocycles. The summed E-state index contributed by atoms with van der Waals surface area (Å²) in [4.78, 5) is 4.62. The molecule has 0 spiro atoms. The number of nitrogens with one attached hydrogen (secondary N) is 1. The van der Waals surface area contributed by atoms with Crippen LogP contribution < -0.4 is 5.32 Å². The second-order valence-electron chi connectivity index (χ2n) is 6.63. The fourth-order valence-corrected chi connectivity index (χ4v) is 3.86. The molecule has 0 aromatic carbocycles. The highest BCUT2D eigenvalue weighted by atomic mass is 32.2. The molecule has 0 radical (unpaired) electrons. The van der Waals surface area contributed by atoms with Crippen molar-refractivity contribution >= 4 is 16.9 Å². The Morgan fingerprint density at radius 3 is 2.85 bits per heavy atom. The highest BCUT2D eigenvalue weighted by Gasteiger charge is 2.24. The maximum absolute atomic E-state index is 4.62. The smallest absolute Gasteiger partial charge is 0.157 e. The predicted molar refractivity (Wildman–Crippen MR) is 87.2 cm³/mol. The third kappa shape index (κ3) is 4.27. The van der Waals surface area contributed by atoms with Gasteiger partial charge in [-0.05, 0) is 18.3 Å². The molecular formula is C15H26N4S. The molecule has 20 heavy (non-hydrogen) atoms. The average Bonchev–Trinajstić information content (AvgIpc) is 2.91. The van der Waals surface area contributed by atoms with Crippen molar-refractivity contribution < 1.29 is 0 Å². The number of nitrogens with zero attached hydrogens (tertiary/aromatic N) is 3. The number of hydrogen-bond acceptors (Lipinski definition) is 4. The van der Waals surface area contributed by atoms with E-state index in [9.17, 15) is 0 Å². The Bertz CT molecular complexity index is 485. The summed E-state index contributed by atoms with van der Waals surface area (Å²) >= 11 is 1.89. The van der Waals surface area contributed by atoms with Crippen LogP contribution >= 0.6 is 11.8 Å². The highest BCUT2D eigenvalue weighted by Crippen LogP contribution is 2.31. The van der Waals surface area contributed by atoms with Crippen molar-refractivity contribution in [3.8, 4) is 0 Å². The van der Waals surface area contributed by atoms with E-state index in [1.807, 2.05) is 23.5 Å². The lowest BCUT2D eigenvalue weighted by Crippen LogP contribution is -2.20. The third-order valence-electron chi connectivity index (χ3n) is 3.31. The van der Waals surface area contributed by atoms with Gasteiger partial charge in [-0.15, -0.1) is 0 Å². The van der Waals surface area contributed by atoms with Crippen molar-refractivity contribution in [1.82, 2.24) is 15.1 Å². The minimum Gasteiger partial charge on any atom is -0.361 e. The Morgan fingerprint density at radius 2 is 2.20 bits per heavy atom. The molecule has 1 aliphatic rings. The molecule has 4 nitrogen and oxygen atoms in total. The van der Waals surface area contributed by atoms with Gasteiger partial charge in [0.15, 0.2) is 5.17 Å². The van der Waals surface area contributed by atoms with E-state index >= 15 is 0 Å². The van der Waals surface area contributed by atoms with Gasteiger partial charge in [0, 0.05) is 30.6 Å². The molecule has 0 amide bonds. The molecule has 0 bridgehead atoms. The molecule has 2 heterocycles. The molecule has 1 aromatic heterocycles. The van der Waals surface area contributed by atoms with E-state index in [1.165, 1.54) is 17.7 Å². The van der Waals surface area contributed by atoms with E-state index in [0.717, 1.165) is 24.7 Å². The van der Waals surface area contributed by atoms with Gasteiger partial charge in [-0.2, -0.15) is 5.10 Å². The number of rotatable bonds is 4.